The van der Waals surface area contributed by atoms with Crippen molar-refractivity contribution in [1.29, 1.82) is 0 Å². The van der Waals surface area contributed by atoms with E-state index in [0.29, 0.717) is 12.5 Å². The molecule has 3 N–H and O–H groups in total. The number of aryl methyl sites for hydroxylation is 1. The summed E-state index contributed by atoms with van der Waals surface area (Å²) in [5, 5.41) is 3.18. The van der Waals surface area contributed by atoms with Crippen molar-refractivity contribution >= 4 is 17.0 Å². The van der Waals surface area contributed by atoms with Crippen LogP contribution in [0.4, 0.5) is 5.95 Å². The van der Waals surface area contributed by atoms with E-state index in [1.54, 1.807) is 0 Å². The Hall–Kier alpha value is -2.63. The molecule has 0 atom stereocenters. The Labute approximate surface area is 127 Å². The lowest BCUT2D eigenvalue weighted by Crippen LogP contribution is -2.18. The van der Waals surface area contributed by atoms with Gasteiger partial charge in [0.25, 0.3) is 5.56 Å². The highest BCUT2D eigenvalue weighted by molar-refractivity contribution is 5.74. The maximum Gasteiger partial charge on any atom is 0.255 e. The number of hydrogen-bond acceptors (Lipinski definition) is 4. The van der Waals surface area contributed by atoms with Crippen LogP contribution in [0.2, 0.25) is 0 Å². The SMILES string of the molecule is O=c1[nH]c(NCCc2nc3ccccc3[nH]2)nc2c1CCC2. The number of H-pyrrole nitrogens is 2. The highest BCUT2D eigenvalue weighted by Gasteiger charge is 2.16. The second kappa shape index (κ2) is 5.29. The van der Waals surface area contributed by atoms with Crippen LogP contribution in [0.5, 0.6) is 0 Å². The summed E-state index contributed by atoms with van der Waals surface area (Å²) in [6.07, 6.45) is 3.51. The predicted octanol–water partition coefficient (Wildman–Crippen LogP) is 1.79. The van der Waals surface area contributed by atoms with Crippen LogP contribution >= 0.6 is 0 Å². The molecule has 0 aliphatic heterocycles. The lowest BCUT2D eigenvalue weighted by Gasteiger charge is -2.06. The van der Waals surface area contributed by atoms with Crippen LogP contribution in [0.3, 0.4) is 0 Å². The minimum atomic E-state index is -0.00580. The van der Waals surface area contributed by atoms with E-state index in [1.165, 1.54) is 0 Å². The number of aromatic amines is 2. The van der Waals surface area contributed by atoms with Gasteiger partial charge in [0.05, 0.1) is 16.7 Å². The molecule has 22 heavy (non-hydrogen) atoms. The quantitative estimate of drug-likeness (QED) is 0.685. The minimum Gasteiger partial charge on any atom is -0.355 e. The number of para-hydroxylation sites is 2. The Bertz CT molecular complexity index is 847. The van der Waals surface area contributed by atoms with Crippen LogP contribution in [0.25, 0.3) is 11.0 Å². The highest BCUT2D eigenvalue weighted by atomic mass is 16.1. The molecule has 0 saturated carbocycles. The number of hydrogen-bond donors (Lipinski definition) is 3. The second-order valence-corrected chi connectivity index (χ2v) is 5.57. The molecule has 2 aromatic heterocycles. The molecule has 1 aromatic carbocycles. The largest absolute Gasteiger partial charge is 0.355 e. The first kappa shape index (κ1) is 13.1. The van der Waals surface area contributed by atoms with Gasteiger partial charge >= 0.3 is 0 Å². The highest BCUT2D eigenvalue weighted by Crippen LogP contribution is 2.16. The van der Waals surface area contributed by atoms with Gasteiger partial charge < -0.3 is 10.3 Å². The van der Waals surface area contributed by atoms with E-state index in [-0.39, 0.29) is 5.56 Å². The first-order valence-electron chi connectivity index (χ1n) is 7.59. The van der Waals surface area contributed by atoms with Crippen molar-refractivity contribution in [1.82, 2.24) is 19.9 Å². The fraction of sp³-hybridized carbons (Fsp3) is 0.312. The van der Waals surface area contributed by atoms with Gasteiger partial charge in [0, 0.05) is 18.5 Å². The third kappa shape index (κ3) is 2.36. The minimum absolute atomic E-state index is 0.00580. The number of anilines is 1. The van der Waals surface area contributed by atoms with Gasteiger partial charge in [-0.15, -0.1) is 0 Å². The molecule has 0 amide bonds. The predicted molar refractivity (Wildman–Crippen MR) is 85.2 cm³/mol. The molecule has 1 aliphatic rings. The second-order valence-electron chi connectivity index (χ2n) is 5.57. The molecule has 6 heteroatoms. The van der Waals surface area contributed by atoms with E-state index in [9.17, 15) is 4.79 Å². The molecule has 3 aromatic rings. The Balaban J connectivity index is 1.45. The number of rotatable bonds is 4. The van der Waals surface area contributed by atoms with Crippen LogP contribution in [-0.2, 0) is 19.3 Å². The summed E-state index contributed by atoms with van der Waals surface area (Å²) >= 11 is 0. The van der Waals surface area contributed by atoms with E-state index in [4.69, 9.17) is 0 Å². The van der Waals surface area contributed by atoms with Gasteiger partial charge in [0.2, 0.25) is 5.95 Å². The molecule has 2 heterocycles. The lowest BCUT2D eigenvalue weighted by molar-refractivity contribution is 0.893. The molecule has 4 rings (SSSR count). The Morgan fingerprint density at radius 2 is 2.05 bits per heavy atom. The number of nitrogens with one attached hydrogen (secondary N) is 3. The van der Waals surface area contributed by atoms with Crippen LogP contribution in [0.15, 0.2) is 29.1 Å². The van der Waals surface area contributed by atoms with Gasteiger partial charge in [-0.25, -0.2) is 9.97 Å². The molecule has 0 saturated heterocycles. The summed E-state index contributed by atoms with van der Waals surface area (Å²) in [6.45, 7) is 0.668. The average molecular weight is 295 g/mol. The van der Waals surface area contributed by atoms with Crippen molar-refractivity contribution in [2.24, 2.45) is 0 Å². The lowest BCUT2D eigenvalue weighted by atomic mass is 10.3. The zero-order chi connectivity index (χ0) is 14.9. The molecule has 112 valence electrons. The third-order valence-electron chi connectivity index (χ3n) is 4.03. The van der Waals surface area contributed by atoms with Gasteiger partial charge in [0.1, 0.15) is 5.82 Å². The maximum absolute atomic E-state index is 11.9. The number of benzene rings is 1. The van der Waals surface area contributed by atoms with Gasteiger partial charge in [-0.3, -0.25) is 9.78 Å². The molecular formula is C16H17N5O. The van der Waals surface area contributed by atoms with Crippen LogP contribution in [0, 0.1) is 0 Å². The fourth-order valence-corrected chi connectivity index (χ4v) is 2.95. The van der Waals surface area contributed by atoms with E-state index in [1.807, 2.05) is 24.3 Å². The molecular weight excluding hydrogens is 278 g/mol. The molecule has 0 fully saturated rings. The maximum atomic E-state index is 11.9. The van der Waals surface area contributed by atoms with E-state index >= 15 is 0 Å². The Morgan fingerprint density at radius 3 is 2.95 bits per heavy atom. The molecule has 0 radical (unpaired) electrons. The number of fused-ring (bicyclic) bond motifs is 2. The standard InChI is InChI=1S/C16H17N5O/c22-15-10-4-3-7-11(10)20-16(21-15)17-9-8-14-18-12-5-1-2-6-13(12)19-14/h1-2,5-6H,3-4,7-9H2,(H,18,19)(H2,17,20,21,22). The van der Waals surface area contributed by atoms with Crippen molar-refractivity contribution in [3.05, 3.63) is 51.7 Å². The van der Waals surface area contributed by atoms with Crippen molar-refractivity contribution in [3.63, 3.8) is 0 Å². The number of nitrogens with zero attached hydrogens (tertiary/aromatic N) is 2. The first-order chi connectivity index (χ1) is 10.8. The van der Waals surface area contributed by atoms with Crippen molar-refractivity contribution < 1.29 is 0 Å². The zero-order valence-electron chi connectivity index (χ0n) is 12.1. The summed E-state index contributed by atoms with van der Waals surface area (Å²) in [7, 11) is 0. The van der Waals surface area contributed by atoms with E-state index in [2.05, 4.69) is 25.3 Å². The first-order valence-corrected chi connectivity index (χ1v) is 7.59. The summed E-state index contributed by atoms with van der Waals surface area (Å²) in [5.41, 5.74) is 3.80. The summed E-state index contributed by atoms with van der Waals surface area (Å²) in [5.74, 6) is 1.49. The van der Waals surface area contributed by atoms with Crippen LogP contribution in [-0.4, -0.2) is 26.5 Å². The third-order valence-corrected chi connectivity index (χ3v) is 4.03. The molecule has 6 nitrogen and oxygen atoms in total. The van der Waals surface area contributed by atoms with Crippen molar-refractivity contribution in [2.45, 2.75) is 25.7 Å². The van der Waals surface area contributed by atoms with Gasteiger partial charge in [0.15, 0.2) is 0 Å². The summed E-state index contributed by atoms with van der Waals surface area (Å²) in [4.78, 5) is 27.1. The Morgan fingerprint density at radius 1 is 1.14 bits per heavy atom. The van der Waals surface area contributed by atoms with Crippen LogP contribution in [0.1, 0.15) is 23.5 Å². The van der Waals surface area contributed by atoms with Crippen LogP contribution < -0.4 is 10.9 Å². The molecule has 1 aliphatic carbocycles. The topological polar surface area (TPSA) is 86.5 Å². The van der Waals surface area contributed by atoms with Gasteiger partial charge in [-0.2, -0.15) is 0 Å². The monoisotopic (exact) mass is 295 g/mol. The summed E-state index contributed by atoms with van der Waals surface area (Å²) < 4.78 is 0. The normalized spacial score (nSPS) is 13.5. The van der Waals surface area contributed by atoms with Gasteiger partial charge in [-0.05, 0) is 31.4 Å². The fourth-order valence-electron chi connectivity index (χ4n) is 2.95. The van der Waals surface area contributed by atoms with E-state index in [0.717, 1.165) is 53.8 Å². The van der Waals surface area contributed by atoms with Crippen molar-refractivity contribution in [3.8, 4) is 0 Å². The molecule has 0 bridgehead atoms. The molecule has 0 unspecified atom stereocenters. The van der Waals surface area contributed by atoms with Crippen molar-refractivity contribution in [2.75, 3.05) is 11.9 Å². The zero-order valence-corrected chi connectivity index (χ0v) is 12.1. The molecule has 0 spiro atoms. The summed E-state index contributed by atoms with van der Waals surface area (Å²) in [6, 6.07) is 7.97. The van der Waals surface area contributed by atoms with Gasteiger partial charge in [-0.1, -0.05) is 12.1 Å². The van der Waals surface area contributed by atoms with E-state index < -0.39 is 0 Å². The smallest absolute Gasteiger partial charge is 0.255 e. The average Bonchev–Trinajstić information content (AvgIpc) is 3.13. The Kier molecular flexibility index (Phi) is 3.14. The number of aromatic nitrogens is 4. The number of imidazole rings is 1.